The second kappa shape index (κ2) is 12.6. The minimum atomic E-state index is 0.189. The van der Waals surface area contributed by atoms with E-state index in [0.29, 0.717) is 19.1 Å². The molecule has 0 aliphatic heterocycles. The highest BCUT2D eigenvalue weighted by Crippen LogP contribution is 2.21. The van der Waals surface area contributed by atoms with Crippen molar-refractivity contribution in [2.45, 2.75) is 18.6 Å². The van der Waals surface area contributed by atoms with Crippen LogP contribution in [0.25, 0.3) is 0 Å². The third-order valence-electron chi connectivity index (χ3n) is 2.81. The normalized spacial score (nSPS) is 10.9. The van der Waals surface area contributed by atoms with Gasteiger partial charge in [0, 0.05) is 31.4 Å². The van der Waals surface area contributed by atoms with Gasteiger partial charge in [-0.2, -0.15) is 17.0 Å². The molecule has 8 heteroatoms. The van der Waals surface area contributed by atoms with E-state index in [4.69, 9.17) is 15.1 Å². The van der Waals surface area contributed by atoms with Crippen molar-refractivity contribution in [3.05, 3.63) is 24.0 Å². The topological polar surface area (TPSA) is 103 Å². The van der Waals surface area contributed by atoms with Gasteiger partial charge < -0.3 is 15.2 Å². The molecule has 0 saturated heterocycles. The zero-order valence-corrected chi connectivity index (χ0v) is 14.1. The molecule has 7 nitrogen and oxygen atoms in total. The summed E-state index contributed by atoms with van der Waals surface area (Å²) in [5.41, 5.74) is 0.912. The van der Waals surface area contributed by atoms with Crippen LogP contribution in [-0.2, 0) is 5.75 Å². The average molecular weight is 337 g/mol. The van der Waals surface area contributed by atoms with Crippen molar-refractivity contribution >= 4 is 17.7 Å². The molecular formula is C15H23N5O2S. The summed E-state index contributed by atoms with van der Waals surface area (Å²) in [6, 6.07) is 3.77. The lowest BCUT2D eigenvalue weighted by molar-refractivity contribution is 0.252. The predicted octanol–water partition coefficient (Wildman–Crippen LogP) is 1.11. The number of unbranched alkanes of at least 4 members (excludes halogenated alkanes) is 1. The molecule has 0 amide bonds. The molecule has 3 N–H and O–H groups in total. The van der Waals surface area contributed by atoms with E-state index in [0.717, 1.165) is 35.8 Å². The number of aliphatic imine (C=N–C) groups is 1. The highest BCUT2D eigenvalue weighted by atomic mass is 32.2. The number of pyridine rings is 1. The van der Waals surface area contributed by atoms with Gasteiger partial charge in [0.1, 0.15) is 5.75 Å². The summed E-state index contributed by atoms with van der Waals surface area (Å²) in [5, 5.41) is 22.6. The lowest BCUT2D eigenvalue weighted by Gasteiger charge is -2.10. The SMILES string of the molecule is CN/C(=N/CCSCc1ncccc1OCCCCO)NC#N. The molecule has 0 bridgehead atoms. The number of thioether (sulfide) groups is 1. The number of aliphatic hydroxyl groups excluding tert-OH is 1. The zero-order valence-electron chi connectivity index (χ0n) is 13.3. The number of aromatic nitrogens is 1. The number of nitrogens with one attached hydrogen (secondary N) is 2. The molecule has 0 radical (unpaired) electrons. The standard InChI is InChI=1S/C15H23N5O2S/c1-17-15(20-12-16)19-7-10-23-11-13-14(5-4-6-18-13)22-9-3-2-8-21/h4-6,21H,2-3,7-11H2,1H3,(H2,17,19,20). The van der Waals surface area contributed by atoms with Crippen LogP contribution in [0.1, 0.15) is 18.5 Å². The van der Waals surface area contributed by atoms with Crippen LogP contribution in [-0.4, -0.2) is 48.6 Å². The molecule has 126 valence electrons. The molecule has 0 unspecified atom stereocenters. The van der Waals surface area contributed by atoms with Gasteiger partial charge in [0.25, 0.3) is 0 Å². The molecule has 1 aromatic rings. The van der Waals surface area contributed by atoms with Crippen LogP contribution in [0.2, 0.25) is 0 Å². The largest absolute Gasteiger partial charge is 0.492 e. The maximum absolute atomic E-state index is 8.77. The first-order valence-electron chi connectivity index (χ1n) is 7.44. The number of nitrogens with zero attached hydrogens (tertiary/aromatic N) is 3. The molecule has 0 fully saturated rings. The number of ether oxygens (including phenoxy) is 1. The van der Waals surface area contributed by atoms with Crippen molar-refractivity contribution in [1.82, 2.24) is 15.6 Å². The van der Waals surface area contributed by atoms with E-state index >= 15 is 0 Å². The smallest absolute Gasteiger partial charge is 0.204 e. The first kappa shape index (κ1) is 19.1. The van der Waals surface area contributed by atoms with Gasteiger partial charge in [-0.1, -0.05) is 0 Å². The van der Waals surface area contributed by atoms with Gasteiger partial charge in [0.2, 0.25) is 5.96 Å². The summed E-state index contributed by atoms with van der Waals surface area (Å²) < 4.78 is 5.71. The van der Waals surface area contributed by atoms with Crippen molar-refractivity contribution in [3.8, 4) is 11.9 Å². The zero-order chi connectivity index (χ0) is 16.8. The summed E-state index contributed by atoms with van der Waals surface area (Å²) in [6.45, 7) is 1.38. The number of guanidine groups is 1. The second-order valence-electron chi connectivity index (χ2n) is 4.50. The Morgan fingerprint density at radius 2 is 2.39 bits per heavy atom. The van der Waals surface area contributed by atoms with Gasteiger partial charge in [-0.25, -0.2) is 0 Å². The Labute approximate surface area is 141 Å². The molecular weight excluding hydrogens is 314 g/mol. The third kappa shape index (κ3) is 8.28. The maximum atomic E-state index is 8.77. The fourth-order valence-electron chi connectivity index (χ4n) is 1.68. The van der Waals surface area contributed by atoms with Crippen LogP contribution in [0.3, 0.4) is 0 Å². The summed E-state index contributed by atoms with van der Waals surface area (Å²) in [6.07, 6.45) is 5.15. The van der Waals surface area contributed by atoms with Crippen LogP contribution < -0.4 is 15.4 Å². The Morgan fingerprint density at radius 3 is 3.13 bits per heavy atom. The highest BCUT2D eigenvalue weighted by molar-refractivity contribution is 7.98. The lowest BCUT2D eigenvalue weighted by Crippen LogP contribution is -2.31. The van der Waals surface area contributed by atoms with Gasteiger partial charge in [-0.3, -0.25) is 15.3 Å². The monoisotopic (exact) mass is 337 g/mol. The van der Waals surface area contributed by atoms with Crippen molar-refractivity contribution in [1.29, 1.82) is 5.26 Å². The Balaban J connectivity index is 2.35. The van der Waals surface area contributed by atoms with E-state index in [9.17, 15) is 0 Å². The number of nitriles is 1. The molecule has 0 saturated carbocycles. The molecule has 1 rings (SSSR count). The molecule has 1 heterocycles. The van der Waals surface area contributed by atoms with E-state index in [1.165, 1.54) is 0 Å². The van der Waals surface area contributed by atoms with Crippen molar-refractivity contribution in [2.24, 2.45) is 4.99 Å². The third-order valence-corrected chi connectivity index (χ3v) is 3.76. The first-order chi connectivity index (χ1) is 11.3. The Bertz CT molecular complexity index is 519. The fourth-order valence-corrected chi connectivity index (χ4v) is 2.46. The van der Waals surface area contributed by atoms with E-state index in [-0.39, 0.29) is 6.61 Å². The van der Waals surface area contributed by atoms with Crippen molar-refractivity contribution in [2.75, 3.05) is 32.6 Å². The van der Waals surface area contributed by atoms with Gasteiger partial charge >= 0.3 is 0 Å². The van der Waals surface area contributed by atoms with Crippen molar-refractivity contribution < 1.29 is 9.84 Å². The highest BCUT2D eigenvalue weighted by Gasteiger charge is 2.04. The van der Waals surface area contributed by atoms with Crippen LogP contribution in [0.15, 0.2) is 23.3 Å². The fraction of sp³-hybridized carbons (Fsp3) is 0.533. The quantitative estimate of drug-likeness (QED) is 0.193. The Hall–Kier alpha value is -1.98. The van der Waals surface area contributed by atoms with Gasteiger partial charge in [-0.05, 0) is 25.0 Å². The van der Waals surface area contributed by atoms with Crippen LogP contribution in [0.4, 0.5) is 0 Å². The Morgan fingerprint density at radius 1 is 1.52 bits per heavy atom. The van der Waals surface area contributed by atoms with E-state index in [1.807, 2.05) is 18.3 Å². The Kier molecular flexibility index (Phi) is 10.4. The van der Waals surface area contributed by atoms with Gasteiger partial charge in [0.15, 0.2) is 6.19 Å². The summed E-state index contributed by atoms with van der Waals surface area (Å²) >= 11 is 1.71. The number of hydrogen-bond donors (Lipinski definition) is 3. The molecule has 23 heavy (non-hydrogen) atoms. The predicted molar refractivity (Wildman–Crippen MR) is 92.3 cm³/mol. The lowest BCUT2D eigenvalue weighted by atomic mass is 10.3. The number of hydrogen-bond acceptors (Lipinski definition) is 6. The first-order valence-corrected chi connectivity index (χ1v) is 8.60. The number of rotatable bonds is 10. The maximum Gasteiger partial charge on any atom is 0.204 e. The molecule has 1 aromatic heterocycles. The summed E-state index contributed by atoms with van der Waals surface area (Å²) in [4.78, 5) is 8.59. The average Bonchev–Trinajstić information content (AvgIpc) is 2.58. The minimum absolute atomic E-state index is 0.189. The summed E-state index contributed by atoms with van der Waals surface area (Å²) in [7, 11) is 1.71. The molecule has 0 atom stereocenters. The van der Waals surface area contributed by atoms with Crippen LogP contribution in [0.5, 0.6) is 5.75 Å². The van der Waals surface area contributed by atoms with Crippen molar-refractivity contribution in [3.63, 3.8) is 0 Å². The second-order valence-corrected chi connectivity index (χ2v) is 5.60. The van der Waals surface area contributed by atoms with Gasteiger partial charge in [-0.15, -0.1) is 0 Å². The molecule has 0 aromatic carbocycles. The summed E-state index contributed by atoms with van der Waals surface area (Å²) in [5.74, 6) is 2.83. The van der Waals surface area contributed by atoms with E-state index < -0.39 is 0 Å². The molecule has 0 spiro atoms. The molecule has 0 aliphatic carbocycles. The van der Waals surface area contributed by atoms with Gasteiger partial charge in [0.05, 0.1) is 18.8 Å². The number of aliphatic hydroxyl groups is 1. The molecule has 0 aliphatic rings. The van der Waals surface area contributed by atoms with E-state index in [2.05, 4.69) is 20.6 Å². The minimum Gasteiger partial charge on any atom is -0.492 e. The van der Waals surface area contributed by atoms with E-state index in [1.54, 1.807) is 25.0 Å². The van der Waals surface area contributed by atoms with Crippen LogP contribution >= 0.6 is 11.8 Å². The van der Waals surface area contributed by atoms with Crippen LogP contribution in [0, 0.1) is 11.5 Å².